The van der Waals surface area contributed by atoms with Gasteiger partial charge in [-0.2, -0.15) is 0 Å². The van der Waals surface area contributed by atoms with Crippen molar-refractivity contribution in [3.8, 4) is 0 Å². The number of ketones is 1. The number of fused-ring (bicyclic) bond motifs is 2. The number of aliphatic hydroxyl groups is 2. The average molecular weight is 629 g/mol. The molecule has 11 nitrogen and oxygen atoms in total. The van der Waals surface area contributed by atoms with Gasteiger partial charge in [0, 0.05) is 30.9 Å². The molecule has 0 spiro atoms. The van der Waals surface area contributed by atoms with E-state index in [1.165, 1.54) is 0 Å². The summed E-state index contributed by atoms with van der Waals surface area (Å²) in [5.74, 6) is 0.404. The number of aliphatic imine (C=N–C) groups is 2. The summed E-state index contributed by atoms with van der Waals surface area (Å²) in [6, 6.07) is 0.784. The second-order valence-electron chi connectivity index (χ2n) is 13.9. The molecule has 2 aliphatic carbocycles. The van der Waals surface area contributed by atoms with E-state index >= 15 is 0 Å². The first-order valence-electron chi connectivity index (χ1n) is 16.2. The van der Waals surface area contributed by atoms with Gasteiger partial charge in [0.25, 0.3) is 0 Å². The predicted octanol–water partition coefficient (Wildman–Crippen LogP) is 3.71. The van der Waals surface area contributed by atoms with Crippen LogP contribution < -0.4 is 5.32 Å². The number of aromatic nitrogens is 3. The van der Waals surface area contributed by atoms with Crippen molar-refractivity contribution in [3.05, 3.63) is 53.7 Å². The molecule has 2 aromatic rings. The second kappa shape index (κ2) is 12.4. The van der Waals surface area contributed by atoms with Crippen LogP contribution in [-0.4, -0.2) is 79.9 Å². The topological polar surface area (TPSA) is 151 Å². The Morgan fingerprint density at radius 1 is 1.30 bits per heavy atom. The van der Waals surface area contributed by atoms with Crippen LogP contribution in [0.5, 0.6) is 0 Å². The Hall–Kier alpha value is -3.80. The number of hydrogen-bond acceptors (Lipinski definition) is 10. The lowest BCUT2D eigenvalue weighted by atomic mass is 9.46. The van der Waals surface area contributed by atoms with Gasteiger partial charge < -0.3 is 24.8 Å². The zero-order chi connectivity index (χ0) is 32.8. The monoisotopic (exact) mass is 628 g/mol. The van der Waals surface area contributed by atoms with Gasteiger partial charge in [-0.05, 0) is 80.1 Å². The van der Waals surface area contributed by atoms with E-state index in [0.29, 0.717) is 36.6 Å². The molecule has 7 atom stereocenters. The normalized spacial score (nSPS) is 31.5. The summed E-state index contributed by atoms with van der Waals surface area (Å²) >= 11 is 0. The molecule has 244 valence electrons. The summed E-state index contributed by atoms with van der Waals surface area (Å²) < 4.78 is 7.60. The minimum atomic E-state index is -0.634. The van der Waals surface area contributed by atoms with Crippen molar-refractivity contribution in [1.82, 2.24) is 19.9 Å². The van der Waals surface area contributed by atoms with Crippen molar-refractivity contribution >= 4 is 41.0 Å². The van der Waals surface area contributed by atoms with Gasteiger partial charge in [-0.15, -0.1) is 0 Å². The quantitative estimate of drug-likeness (QED) is 0.266. The van der Waals surface area contributed by atoms with Crippen LogP contribution in [0.15, 0.2) is 58.1 Å². The number of cyclic esters (lactones) is 1. The molecule has 4 unspecified atom stereocenters. The molecule has 4 aliphatic rings. The van der Waals surface area contributed by atoms with Crippen LogP contribution in [0.2, 0.25) is 0 Å². The average Bonchev–Trinajstić information content (AvgIpc) is 3.77. The number of aliphatic hydroxyl groups excluding tert-OH is 2. The predicted molar refractivity (Wildman–Crippen MR) is 176 cm³/mol. The zero-order valence-electron chi connectivity index (χ0n) is 27.1. The fraction of sp³-hybridized carbons (Fsp3) is 0.543. The Morgan fingerprint density at radius 2 is 2.11 bits per heavy atom. The van der Waals surface area contributed by atoms with Crippen LogP contribution in [0.3, 0.4) is 0 Å². The van der Waals surface area contributed by atoms with Crippen molar-refractivity contribution in [1.29, 1.82) is 0 Å². The number of amidine groups is 1. The Morgan fingerprint density at radius 3 is 2.85 bits per heavy atom. The maximum absolute atomic E-state index is 13.5. The van der Waals surface area contributed by atoms with Gasteiger partial charge >= 0.3 is 5.97 Å². The molecule has 0 bridgehead atoms. The molecule has 0 saturated heterocycles. The Kier molecular flexibility index (Phi) is 8.69. The van der Waals surface area contributed by atoms with E-state index in [1.807, 2.05) is 24.6 Å². The number of hydrogen-bond donors (Lipinski definition) is 3. The minimum Gasteiger partial charge on any atom is -0.423 e. The van der Waals surface area contributed by atoms with E-state index in [1.54, 1.807) is 37.8 Å². The summed E-state index contributed by atoms with van der Waals surface area (Å²) in [5, 5.41) is 25.0. The molecule has 2 fully saturated rings. The van der Waals surface area contributed by atoms with E-state index in [-0.39, 0.29) is 36.1 Å². The highest BCUT2D eigenvalue weighted by Gasteiger charge is 2.58. The number of esters is 1. The van der Waals surface area contributed by atoms with Crippen molar-refractivity contribution in [2.24, 2.45) is 39.7 Å². The summed E-state index contributed by atoms with van der Waals surface area (Å²) in [7, 11) is 1.88. The van der Waals surface area contributed by atoms with Gasteiger partial charge in [0.1, 0.15) is 17.1 Å². The van der Waals surface area contributed by atoms with Crippen LogP contribution in [0.25, 0.3) is 17.2 Å². The van der Waals surface area contributed by atoms with E-state index in [4.69, 9.17) is 4.74 Å². The number of nitrogens with one attached hydrogen (secondary N) is 1. The number of pyridine rings is 1. The SMILES string of the molecule is C=C1CCC2[C@](C)(CC[C@@H](O)[C@@]2(C)CO)C1CC(NC(C)C(=O)CC1=NCC=N1)C1=C/C(=C\c2cnc3c(c2)ncn3C)OC1=O. The smallest absolute Gasteiger partial charge is 0.341 e. The fourth-order valence-corrected chi connectivity index (χ4v) is 8.29. The van der Waals surface area contributed by atoms with Crippen molar-refractivity contribution in [2.75, 3.05) is 13.2 Å². The van der Waals surface area contributed by atoms with Crippen LogP contribution in [0, 0.1) is 22.7 Å². The number of carbonyl (C=O) groups excluding carboxylic acids is 2. The molecule has 0 radical (unpaired) electrons. The number of imidazole rings is 1. The van der Waals surface area contributed by atoms with Crippen molar-refractivity contribution in [2.45, 2.75) is 77.5 Å². The third-order valence-corrected chi connectivity index (χ3v) is 11.0. The maximum atomic E-state index is 13.5. The van der Waals surface area contributed by atoms with Gasteiger partial charge in [0.15, 0.2) is 11.4 Å². The van der Waals surface area contributed by atoms with Crippen LogP contribution in [0.1, 0.15) is 64.9 Å². The third-order valence-electron chi connectivity index (χ3n) is 11.0. The molecule has 11 heteroatoms. The number of ether oxygens (including phenoxy) is 1. The van der Waals surface area contributed by atoms with Gasteiger partial charge in [-0.3, -0.25) is 9.79 Å². The maximum Gasteiger partial charge on any atom is 0.341 e. The summed E-state index contributed by atoms with van der Waals surface area (Å²) in [6.07, 6.45) is 11.6. The molecule has 3 N–H and O–H groups in total. The van der Waals surface area contributed by atoms with E-state index in [0.717, 1.165) is 41.6 Å². The van der Waals surface area contributed by atoms with Gasteiger partial charge in [-0.1, -0.05) is 26.0 Å². The standard InChI is InChI=1S/C35H44N6O5/c1-20-6-7-29-34(3,9-8-30(44)35(29,4)18-42)25(20)15-26(40-21(2)28(43)16-31-36-10-11-37-31)24-14-23(46-33(24)45)12-22-13-27-32(38-17-22)41(5)19-39-27/h10,12-14,17,19,21,25-26,29-30,40,42,44H,1,6-9,11,15-16,18H2,2-5H3/b23-12+/t21?,25?,26?,29?,30-,34-,35+/m1/s1. The van der Waals surface area contributed by atoms with E-state index < -0.39 is 29.6 Å². The summed E-state index contributed by atoms with van der Waals surface area (Å²) in [4.78, 5) is 44.2. The first kappa shape index (κ1) is 32.2. The van der Waals surface area contributed by atoms with Crippen LogP contribution >= 0.6 is 0 Å². The first-order valence-corrected chi connectivity index (χ1v) is 16.2. The van der Waals surface area contributed by atoms with Crippen LogP contribution in [-0.2, 0) is 21.4 Å². The molecule has 46 heavy (non-hydrogen) atoms. The number of Topliss-reactive ketones (excluding diaryl/α,β-unsaturated/α-hetero) is 1. The highest BCUT2D eigenvalue weighted by molar-refractivity contribution is 6.07. The molecule has 2 aromatic heterocycles. The third kappa shape index (κ3) is 5.80. The zero-order valence-corrected chi connectivity index (χ0v) is 27.1. The summed E-state index contributed by atoms with van der Waals surface area (Å²) in [5.41, 5.74) is 2.87. The minimum absolute atomic E-state index is 0.0225. The largest absolute Gasteiger partial charge is 0.423 e. The second-order valence-corrected chi connectivity index (χ2v) is 13.9. The number of allylic oxidation sites excluding steroid dienone is 2. The first-order chi connectivity index (χ1) is 21.9. The fourth-order valence-electron chi connectivity index (χ4n) is 8.29. The summed E-state index contributed by atoms with van der Waals surface area (Å²) in [6.45, 7) is 10.9. The Labute approximate surface area is 269 Å². The molecule has 4 heterocycles. The molecular weight excluding hydrogens is 584 g/mol. The number of rotatable bonds is 10. The lowest BCUT2D eigenvalue weighted by Crippen LogP contribution is -2.58. The van der Waals surface area contributed by atoms with E-state index in [2.05, 4.69) is 38.8 Å². The van der Waals surface area contributed by atoms with Crippen LogP contribution in [0.4, 0.5) is 0 Å². The van der Waals surface area contributed by atoms with Crippen molar-refractivity contribution < 1.29 is 24.5 Å². The lowest BCUT2D eigenvalue weighted by molar-refractivity contribution is -0.153. The number of nitrogens with zero attached hydrogens (tertiary/aromatic N) is 5. The number of aryl methyl sites for hydroxylation is 1. The molecular formula is C35H44N6O5. The highest BCUT2D eigenvalue weighted by Crippen LogP contribution is 2.62. The Balaban J connectivity index is 1.32. The van der Waals surface area contributed by atoms with Gasteiger partial charge in [0.2, 0.25) is 0 Å². The number of carbonyl (C=O) groups is 2. The molecule has 2 saturated carbocycles. The highest BCUT2D eigenvalue weighted by atomic mass is 16.5. The molecule has 0 aromatic carbocycles. The molecule has 6 rings (SSSR count). The Bertz CT molecular complexity index is 1690. The van der Waals surface area contributed by atoms with E-state index in [9.17, 15) is 19.8 Å². The van der Waals surface area contributed by atoms with Gasteiger partial charge in [0.05, 0.1) is 43.6 Å². The molecule has 2 aliphatic heterocycles. The van der Waals surface area contributed by atoms with Gasteiger partial charge in [-0.25, -0.2) is 19.8 Å². The molecule has 0 amide bonds. The lowest BCUT2D eigenvalue weighted by Gasteiger charge is -2.60. The van der Waals surface area contributed by atoms with Crippen molar-refractivity contribution in [3.63, 3.8) is 0 Å².